The number of fused-ring (bicyclic) bond motifs is 2. The SMILES string of the molecule is Cc1ncsc1-c1ccc([C@H](C)NC(=O)[C@@H]2CCCN2C(=O)[C@@H](c2cc(OCCN3C[C@@H]4[C@H](C3)[C@H]4c3c[nH]c4nnc(-c5ccccc5O)cc34)no2)C(C)C)cc1. The third-order valence-corrected chi connectivity index (χ3v) is 13.3. The van der Waals surface area contributed by atoms with Crippen molar-refractivity contribution in [2.45, 2.75) is 64.5 Å². The molecule has 6 atom stereocenters. The molecule has 3 N–H and O–H groups in total. The van der Waals surface area contributed by atoms with Crippen LogP contribution in [0.2, 0.25) is 0 Å². The number of hydrogen-bond acceptors (Lipinski definition) is 11. The summed E-state index contributed by atoms with van der Waals surface area (Å²) < 4.78 is 11.8. The molecule has 6 heterocycles. The molecule has 3 aliphatic rings. The van der Waals surface area contributed by atoms with E-state index in [-0.39, 0.29) is 29.5 Å². The van der Waals surface area contributed by atoms with Crippen LogP contribution in [0.5, 0.6) is 11.6 Å². The van der Waals surface area contributed by atoms with Gasteiger partial charge in [-0.1, -0.05) is 50.2 Å². The van der Waals surface area contributed by atoms with Crippen LogP contribution in [-0.4, -0.2) is 90.9 Å². The van der Waals surface area contributed by atoms with Crippen LogP contribution in [0.25, 0.3) is 32.7 Å². The molecule has 0 radical (unpaired) electrons. The monoisotopic (exact) mass is 800 g/mol. The third kappa shape index (κ3) is 7.23. The average molecular weight is 801 g/mol. The maximum absolute atomic E-state index is 14.1. The van der Waals surface area contributed by atoms with Gasteiger partial charge in [0.2, 0.25) is 11.8 Å². The Bertz CT molecular complexity index is 2430. The summed E-state index contributed by atoms with van der Waals surface area (Å²) in [6.07, 6.45) is 3.43. The highest BCUT2D eigenvalue weighted by Crippen LogP contribution is 2.59. The Balaban J connectivity index is 0.772. The van der Waals surface area contributed by atoms with E-state index in [0.717, 1.165) is 58.8 Å². The lowest BCUT2D eigenvalue weighted by atomic mass is 9.91. The van der Waals surface area contributed by atoms with E-state index in [2.05, 4.69) is 53.9 Å². The van der Waals surface area contributed by atoms with Gasteiger partial charge in [-0.15, -0.1) is 21.5 Å². The first-order valence-electron chi connectivity index (χ1n) is 20.2. The van der Waals surface area contributed by atoms with Gasteiger partial charge in [0.15, 0.2) is 11.4 Å². The molecule has 9 rings (SSSR count). The number of likely N-dealkylation sites (tertiary alicyclic amines) is 2. The number of piperidine rings is 1. The number of hydrogen-bond donors (Lipinski definition) is 3. The number of aromatic hydroxyl groups is 1. The molecule has 2 amide bonds. The maximum atomic E-state index is 14.1. The normalized spacial score (nSPS) is 21.4. The number of aromatic nitrogens is 5. The Hall–Kier alpha value is -5.60. The molecule has 300 valence electrons. The van der Waals surface area contributed by atoms with E-state index in [1.54, 1.807) is 34.4 Å². The number of amides is 2. The second kappa shape index (κ2) is 15.6. The Morgan fingerprint density at radius 2 is 1.86 bits per heavy atom. The van der Waals surface area contributed by atoms with Crippen LogP contribution in [0.1, 0.15) is 74.1 Å². The molecule has 13 nitrogen and oxygen atoms in total. The van der Waals surface area contributed by atoms with Crippen molar-refractivity contribution in [1.29, 1.82) is 0 Å². The van der Waals surface area contributed by atoms with Gasteiger partial charge in [0, 0.05) is 49.4 Å². The summed E-state index contributed by atoms with van der Waals surface area (Å²) in [7, 11) is 0. The first-order valence-corrected chi connectivity index (χ1v) is 21.1. The van der Waals surface area contributed by atoms with E-state index < -0.39 is 12.0 Å². The fourth-order valence-corrected chi connectivity index (χ4v) is 9.99. The Kier molecular flexibility index (Phi) is 10.2. The van der Waals surface area contributed by atoms with E-state index in [4.69, 9.17) is 9.26 Å². The Morgan fingerprint density at radius 1 is 1.07 bits per heavy atom. The molecule has 0 bridgehead atoms. The lowest BCUT2D eigenvalue weighted by Gasteiger charge is -2.29. The van der Waals surface area contributed by atoms with Crippen molar-refractivity contribution in [3.63, 3.8) is 0 Å². The molecule has 58 heavy (non-hydrogen) atoms. The van der Waals surface area contributed by atoms with E-state index in [0.29, 0.717) is 60.2 Å². The number of phenolic OH excluding ortho intramolecular Hbond substituents is 1. The lowest BCUT2D eigenvalue weighted by Crippen LogP contribution is -2.48. The minimum Gasteiger partial charge on any atom is -0.507 e. The van der Waals surface area contributed by atoms with Crippen LogP contribution < -0.4 is 10.1 Å². The van der Waals surface area contributed by atoms with Crippen molar-refractivity contribution in [2.24, 2.45) is 17.8 Å². The Morgan fingerprint density at radius 3 is 2.60 bits per heavy atom. The van der Waals surface area contributed by atoms with Crippen LogP contribution in [0.15, 0.2) is 76.9 Å². The highest BCUT2D eigenvalue weighted by atomic mass is 32.1. The number of carbonyl (C=O) groups is 2. The van der Waals surface area contributed by atoms with Crippen molar-refractivity contribution in [1.82, 2.24) is 40.4 Å². The zero-order valence-electron chi connectivity index (χ0n) is 33.1. The van der Waals surface area contributed by atoms with Gasteiger partial charge in [0.25, 0.3) is 5.88 Å². The van der Waals surface area contributed by atoms with Crippen LogP contribution in [0.3, 0.4) is 0 Å². The Labute approximate surface area is 340 Å². The number of nitrogens with one attached hydrogen (secondary N) is 2. The van der Waals surface area contributed by atoms with Crippen molar-refractivity contribution in [3.8, 4) is 33.3 Å². The van der Waals surface area contributed by atoms with Crippen molar-refractivity contribution < 1.29 is 24.0 Å². The first-order chi connectivity index (χ1) is 28.1. The molecule has 2 aromatic carbocycles. The summed E-state index contributed by atoms with van der Waals surface area (Å²) in [5, 5.41) is 27.5. The molecule has 2 saturated heterocycles. The number of ether oxygens (including phenoxy) is 1. The molecule has 6 aromatic rings. The number of benzene rings is 2. The molecule has 0 unspecified atom stereocenters. The molecular weight excluding hydrogens is 753 g/mol. The topological polar surface area (TPSA) is 163 Å². The third-order valence-electron chi connectivity index (χ3n) is 12.3. The number of phenols is 1. The fourth-order valence-electron chi connectivity index (χ4n) is 9.18. The maximum Gasteiger partial charge on any atom is 0.254 e. The minimum absolute atomic E-state index is 0.0808. The number of rotatable bonds is 13. The number of aromatic amines is 1. The summed E-state index contributed by atoms with van der Waals surface area (Å²) >= 11 is 1.61. The van der Waals surface area contributed by atoms with Gasteiger partial charge in [0.05, 0.1) is 27.8 Å². The van der Waals surface area contributed by atoms with E-state index >= 15 is 0 Å². The molecule has 3 fully saturated rings. The molecule has 1 saturated carbocycles. The van der Waals surface area contributed by atoms with Crippen LogP contribution in [0, 0.1) is 24.7 Å². The van der Waals surface area contributed by atoms with E-state index in [9.17, 15) is 14.7 Å². The number of nitrogens with zero attached hydrogens (tertiary/aromatic N) is 6. The number of para-hydroxylation sites is 1. The summed E-state index contributed by atoms with van der Waals surface area (Å²) in [5.74, 6) is 1.62. The zero-order chi connectivity index (χ0) is 40.1. The summed E-state index contributed by atoms with van der Waals surface area (Å²) in [6.45, 7) is 11.6. The summed E-state index contributed by atoms with van der Waals surface area (Å²) in [5.41, 5.74) is 8.30. The first kappa shape index (κ1) is 37.9. The smallest absolute Gasteiger partial charge is 0.254 e. The molecule has 2 aliphatic heterocycles. The van der Waals surface area contributed by atoms with E-state index in [1.807, 2.05) is 63.5 Å². The lowest BCUT2D eigenvalue weighted by molar-refractivity contribution is -0.141. The minimum atomic E-state index is -0.592. The summed E-state index contributed by atoms with van der Waals surface area (Å²) in [6, 6.07) is 18.4. The molecule has 1 aliphatic carbocycles. The molecule has 14 heteroatoms. The number of aryl methyl sites for hydroxylation is 1. The molecule has 0 spiro atoms. The van der Waals surface area contributed by atoms with Crippen molar-refractivity contribution >= 4 is 34.2 Å². The summed E-state index contributed by atoms with van der Waals surface area (Å²) in [4.78, 5) is 40.7. The van der Waals surface area contributed by atoms with E-state index in [1.165, 1.54) is 5.56 Å². The second-order valence-corrected chi connectivity index (χ2v) is 17.2. The van der Waals surface area contributed by atoms with Crippen LogP contribution in [-0.2, 0) is 9.59 Å². The predicted molar refractivity (Wildman–Crippen MR) is 220 cm³/mol. The molecule has 4 aromatic heterocycles. The second-order valence-electron chi connectivity index (χ2n) is 16.3. The van der Waals surface area contributed by atoms with Crippen molar-refractivity contribution in [3.05, 3.63) is 95.0 Å². The predicted octanol–water partition coefficient (Wildman–Crippen LogP) is 7.08. The quantitative estimate of drug-likeness (QED) is 0.110. The van der Waals surface area contributed by atoms with Gasteiger partial charge >= 0.3 is 0 Å². The largest absolute Gasteiger partial charge is 0.507 e. The fraction of sp³-hybridized carbons (Fsp3) is 0.409. The number of carbonyl (C=O) groups excluding carboxylic acids is 2. The van der Waals surface area contributed by atoms with Crippen LogP contribution >= 0.6 is 11.3 Å². The number of thiazole rings is 1. The van der Waals surface area contributed by atoms with Gasteiger partial charge in [-0.2, -0.15) is 0 Å². The van der Waals surface area contributed by atoms with Gasteiger partial charge in [-0.25, -0.2) is 4.98 Å². The zero-order valence-corrected chi connectivity index (χ0v) is 33.9. The van der Waals surface area contributed by atoms with Crippen LogP contribution in [0.4, 0.5) is 0 Å². The standard InChI is InChI=1S/C44H48N8O5S/c1-24(2)39(44(55)52-15-7-9-35(52)43(54)47-25(3)27-11-13-28(14-12-27)41-26(4)46-23-58-41)37-19-38(50-57-37)56-17-16-51-21-32-33(22-51)40(32)31-20-45-42-30(31)18-34(48-49-42)29-8-5-6-10-36(29)53/h5-6,8,10-14,18-20,23-25,32-33,35,39-40,53H,7,9,15-17,21-22H2,1-4H3,(H,45,49)(H,47,54)/t25-,32-,33+,35-,39+,40+/m0/s1. The van der Waals surface area contributed by atoms with Gasteiger partial charge in [-0.3, -0.25) is 14.5 Å². The van der Waals surface area contributed by atoms with Gasteiger partial charge < -0.3 is 29.6 Å². The highest BCUT2D eigenvalue weighted by Gasteiger charge is 2.56. The number of H-pyrrole nitrogens is 1. The van der Waals surface area contributed by atoms with Gasteiger partial charge in [0.1, 0.15) is 24.3 Å². The van der Waals surface area contributed by atoms with Crippen molar-refractivity contribution in [2.75, 3.05) is 32.8 Å². The highest BCUT2D eigenvalue weighted by molar-refractivity contribution is 7.13. The van der Waals surface area contributed by atoms with Gasteiger partial charge in [-0.05, 0) is 90.4 Å². The average Bonchev–Trinajstić information content (AvgIpc) is 3.95. The molecular formula is C44H48N8O5S.